The van der Waals surface area contributed by atoms with Gasteiger partial charge in [-0.3, -0.25) is 4.90 Å². The van der Waals surface area contributed by atoms with Crippen LogP contribution in [0.1, 0.15) is 24.0 Å². The summed E-state index contributed by atoms with van der Waals surface area (Å²) in [6, 6.07) is 16.0. The van der Waals surface area contributed by atoms with E-state index in [-0.39, 0.29) is 0 Å². The molecule has 0 saturated carbocycles. The van der Waals surface area contributed by atoms with Crippen LogP contribution >= 0.6 is 0 Å². The Balaban J connectivity index is 1.09. The van der Waals surface area contributed by atoms with Crippen LogP contribution in [-0.2, 0) is 6.42 Å². The number of unbranched alkanes of at least 4 members (excludes halogenated alkanes) is 1. The second-order valence-electron chi connectivity index (χ2n) is 8.94. The molecule has 35 heavy (non-hydrogen) atoms. The monoisotopic (exact) mass is 466 g/mol. The standard InChI is InChI=1S/C28H30N6O/c1-35-27-8-3-2-7-24(27)23-19-31-28(32-20-23)34-14-12-33(13-15-34)11-5-4-6-22-18-30-26-10-9-21(17-29)16-25(22)26/h2-3,7-10,16,18-20,30H,4-6,11-15H2,1H3. The number of para-hydroxylation sites is 1. The van der Waals surface area contributed by atoms with Gasteiger partial charge in [-0.05, 0) is 55.6 Å². The number of fused-ring (bicyclic) bond motifs is 1. The number of rotatable bonds is 8. The van der Waals surface area contributed by atoms with E-state index < -0.39 is 0 Å². The topological polar surface area (TPSA) is 81.1 Å². The number of nitriles is 1. The molecule has 4 aromatic rings. The number of nitrogens with zero attached hydrogens (tertiary/aromatic N) is 5. The SMILES string of the molecule is COc1ccccc1-c1cnc(N2CCN(CCCCc3c[nH]c4ccc(C#N)cc34)CC2)nc1. The van der Waals surface area contributed by atoms with Gasteiger partial charge in [0.15, 0.2) is 0 Å². The van der Waals surface area contributed by atoms with Crippen molar-refractivity contribution in [1.82, 2.24) is 19.9 Å². The van der Waals surface area contributed by atoms with Gasteiger partial charge in [0.25, 0.3) is 0 Å². The molecule has 7 heteroatoms. The van der Waals surface area contributed by atoms with Crippen molar-refractivity contribution in [1.29, 1.82) is 5.26 Å². The Kier molecular flexibility index (Phi) is 6.92. The molecule has 1 N–H and O–H groups in total. The minimum absolute atomic E-state index is 0.717. The fraction of sp³-hybridized carbons (Fsp3) is 0.321. The fourth-order valence-electron chi connectivity index (χ4n) is 4.78. The van der Waals surface area contributed by atoms with Crippen LogP contribution in [0.25, 0.3) is 22.0 Å². The van der Waals surface area contributed by atoms with Gasteiger partial charge < -0.3 is 14.6 Å². The Hall–Kier alpha value is -3.89. The number of hydrogen-bond acceptors (Lipinski definition) is 6. The average Bonchev–Trinajstić information content (AvgIpc) is 3.33. The van der Waals surface area contributed by atoms with E-state index in [0.717, 1.165) is 85.9 Å². The van der Waals surface area contributed by atoms with Gasteiger partial charge in [-0.1, -0.05) is 18.2 Å². The summed E-state index contributed by atoms with van der Waals surface area (Å²) in [5, 5.41) is 10.3. The zero-order valence-electron chi connectivity index (χ0n) is 20.1. The normalized spacial score (nSPS) is 14.2. The Bertz CT molecular complexity index is 1320. The molecule has 0 aliphatic carbocycles. The van der Waals surface area contributed by atoms with Crippen LogP contribution in [0, 0.1) is 11.3 Å². The fourth-order valence-corrected chi connectivity index (χ4v) is 4.78. The Morgan fingerprint density at radius 3 is 2.60 bits per heavy atom. The van der Waals surface area contributed by atoms with Crippen LogP contribution in [0.5, 0.6) is 5.75 Å². The lowest BCUT2D eigenvalue weighted by molar-refractivity contribution is 0.252. The number of piperazine rings is 1. The molecule has 0 atom stereocenters. The van der Waals surface area contributed by atoms with E-state index in [4.69, 9.17) is 4.74 Å². The molecule has 178 valence electrons. The van der Waals surface area contributed by atoms with Crippen LogP contribution in [0.2, 0.25) is 0 Å². The highest BCUT2D eigenvalue weighted by Crippen LogP contribution is 2.29. The van der Waals surface area contributed by atoms with Gasteiger partial charge in [-0.15, -0.1) is 0 Å². The lowest BCUT2D eigenvalue weighted by atomic mass is 10.1. The molecule has 0 amide bonds. The first kappa shape index (κ1) is 22.9. The van der Waals surface area contributed by atoms with Gasteiger partial charge in [-0.2, -0.15) is 5.26 Å². The van der Waals surface area contributed by atoms with Crippen molar-refractivity contribution in [2.75, 3.05) is 44.7 Å². The predicted molar refractivity (Wildman–Crippen MR) is 139 cm³/mol. The molecule has 2 aromatic heterocycles. The maximum Gasteiger partial charge on any atom is 0.225 e. The van der Waals surface area contributed by atoms with Gasteiger partial charge in [0.05, 0.1) is 18.7 Å². The minimum Gasteiger partial charge on any atom is -0.496 e. The van der Waals surface area contributed by atoms with Crippen molar-refractivity contribution in [3.8, 4) is 22.9 Å². The summed E-state index contributed by atoms with van der Waals surface area (Å²) in [7, 11) is 1.68. The maximum atomic E-state index is 9.17. The number of H-pyrrole nitrogens is 1. The van der Waals surface area contributed by atoms with Crippen molar-refractivity contribution in [3.05, 3.63) is 72.2 Å². The molecule has 5 rings (SSSR count). The molecule has 3 heterocycles. The number of aromatic amines is 1. The van der Waals surface area contributed by atoms with Gasteiger partial charge in [0.1, 0.15) is 5.75 Å². The van der Waals surface area contributed by atoms with E-state index in [9.17, 15) is 5.26 Å². The van der Waals surface area contributed by atoms with Gasteiger partial charge >= 0.3 is 0 Å². The molecule has 1 saturated heterocycles. The molecule has 0 unspecified atom stereocenters. The molecule has 1 aliphatic heterocycles. The van der Waals surface area contributed by atoms with E-state index in [1.807, 2.05) is 54.9 Å². The lowest BCUT2D eigenvalue weighted by Gasteiger charge is -2.34. The summed E-state index contributed by atoms with van der Waals surface area (Å²) in [5.74, 6) is 1.62. The number of ether oxygens (including phenoxy) is 1. The summed E-state index contributed by atoms with van der Waals surface area (Å²) < 4.78 is 5.46. The van der Waals surface area contributed by atoms with E-state index in [1.165, 1.54) is 10.9 Å². The Morgan fingerprint density at radius 1 is 1.03 bits per heavy atom. The van der Waals surface area contributed by atoms with E-state index in [1.54, 1.807) is 7.11 Å². The number of nitrogens with one attached hydrogen (secondary N) is 1. The van der Waals surface area contributed by atoms with Crippen LogP contribution < -0.4 is 9.64 Å². The highest BCUT2D eigenvalue weighted by atomic mass is 16.5. The quantitative estimate of drug-likeness (QED) is 0.381. The molecule has 0 radical (unpaired) electrons. The van der Waals surface area contributed by atoms with Gasteiger partial charge in [0.2, 0.25) is 5.95 Å². The number of aryl methyl sites for hydroxylation is 1. The van der Waals surface area contributed by atoms with Crippen LogP contribution in [0.15, 0.2) is 61.1 Å². The first-order valence-corrected chi connectivity index (χ1v) is 12.2. The highest BCUT2D eigenvalue weighted by Gasteiger charge is 2.19. The predicted octanol–water partition coefficient (Wildman–Crippen LogP) is 4.65. The molecule has 1 fully saturated rings. The molecular formula is C28H30N6O. The van der Waals surface area contributed by atoms with E-state index in [0.29, 0.717) is 0 Å². The second-order valence-corrected chi connectivity index (χ2v) is 8.94. The second kappa shape index (κ2) is 10.6. The van der Waals surface area contributed by atoms with Crippen LogP contribution in [0.4, 0.5) is 5.95 Å². The van der Waals surface area contributed by atoms with Crippen molar-refractivity contribution in [2.45, 2.75) is 19.3 Å². The van der Waals surface area contributed by atoms with Gasteiger partial charge in [-0.25, -0.2) is 9.97 Å². The largest absolute Gasteiger partial charge is 0.496 e. The average molecular weight is 467 g/mol. The summed E-state index contributed by atoms with van der Waals surface area (Å²) in [6.45, 7) is 5.03. The Labute approximate surface area is 206 Å². The zero-order valence-corrected chi connectivity index (χ0v) is 20.1. The summed E-state index contributed by atoms with van der Waals surface area (Å²) in [5.41, 5.74) is 5.09. The van der Waals surface area contributed by atoms with E-state index in [2.05, 4.69) is 37.0 Å². The first-order chi connectivity index (χ1) is 17.2. The smallest absolute Gasteiger partial charge is 0.225 e. The van der Waals surface area contributed by atoms with Gasteiger partial charge in [0, 0.05) is 66.8 Å². The van der Waals surface area contributed by atoms with Crippen molar-refractivity contribution in [3.63, 3.8) is 0 Å². The van der Waals surface area contributed by atoms with Crippen LogP contribution in [-0.4, -0.2) is 59.7 Å². The molecule has 0 bridgehead atoms. The van der Waals surface area contributed by atoms with Crippen LogP contribution in [0.3, 0.4) is 0 Å². The summed E-state index contributed by atoms with van der Waals surface area (Å²) >= 11 is 0. The third-order valence-corrected chi connectivity index (χ3v) is 6.78. The molecule has 0 spiro atoms. The third-order valence-electron chi connectivity index (χ3n) is 6.78. The third kappa shape index (κ3) is 5.13. The highest BCUT2D eigenvalue weighted by molar-refractivity contribution is 5.84. The first-order valence-electron chi connectivity index (χ1n) is 12.2. The molecule has 1 aliphatic rings. The van der Waals surface area contributed by atoms with Crippen molar-refractivity contribution >= 4 is 16.9 Å². The minimum atomic E-state index is 0.717. The Morgan fingerprint density at radius 2 is 1.83 bits per heavy atom. The summed E-state index contributed by atoms with van der Waals surface area (Å²) in [4.78, 5) is 17.4. The number of aromatic nitrogens is 3. The zero-order chi connectivity index (χ0) is 24.0. The van der Waals surface area contributed by atoms with E-state index >= 15 is 0 Å². The summed E-state index contributed by atoms with van der Waals surface area (Å²) in [6.07, 6.45) is 9.19. The van der Waals surface area contributed by atoms with Crippen molar-refractivity contribution in [2.24, 2.45) is 0 Å². The molecular weight excluding hydrogens is 436 g/mol. The van der Waals surface area contributed by atoms with Crippen molar-refractivity contribution < 1.29 is 4.74 Å². The lowest BCUT2D eigenvalue weighted by Crippen LogP contribution is -2.47. The molecule has 2 aromatic carbocycles. The maximum absolute atomic E-state index is 9.17. The number of benzene rings is 2. The number of methoxy groups -OCH3 is 1. The number of anilines is 1. The number of hydrogen-bond donors (Lipinski definition) is 1. The molecule has 7 nitrogen and oxygen atoms in total.